The van der Waals surface area contributed by atoms with Gasteiger partial charge in [0, 0.05) is 28.8 Å². The molecule has 0 aliphatic carbocycles. The lowest BCUT2D eigenvalue weighted by atomic mass is 10.0. The van der Waals surface area contributed by atoms with Gasteiger partial charge >= 0.3 is 0 Å². The topological polar surface area (TPSA) is 97.1 Å². The second-order valence-electron chi connectivity index (χ2n) is 6.86. The number of aromatic nitrogens is 1. The summed E-state index contributed by atoms with van der Waals surface area (Å²) in [5.41, 5.74) is 9.35. The van der Waals surface area contributed by atoms with Gasteiger partial charge in [-0.25, -0.2) is 4.98 Å². The van der Waals surface area contributed by atoms with Crippen molar-refractivity contribution in [1.29, 1.82) is 0 Å². The molecule has 0 unspecified atom stereocenters. The van der Waals surface area contributed by atoms with Gasteiger partial charge in [0.2, 0.25) is 11.8 Å². The van der Waals surface area contributed by atoms with Gasteiger partial charge in [-0.05, 0) is 48.2 Å². The zero-order valence-electron chi connectivity index (χ0n) is 16.6. The minimum Gasteiger partial charge on any atom is -0.325 e. The lowest BCUT2D eigenvalue weighted by Gasteiger charge is -2.06. The molecular formula is C22H24N4O2S2. The number of amides is 2. The third-order valence-electron chi connectivity index (χ3n) is 4.44. The average Bonchev–Trinajstić information content (AvgIpc) is 3.09. The van der Waals surface area contributed by atoms with E-state index in [2.05, 4.69) is 40.4 Å². The highest BCUT2D eigenvalue weighted by molar-refractivity contribution is 7.80. The smallest absolute Gasteiger partial charge is 0.238 e. The number of nitrogens with zero attached hydrogens (tertiary/aromatic N) is 1. The molecule has 0 spiro atoms. The van der Waals surface area contributed by atoms with E-state index in [1.807, 2.05) is 36.4 Å². The van der Waals surface area contributed by atoms with Gasteiger partial charge in [0.05, 0.1) is 12.2 Å². The van der Waals surface area contributed by atoms with Crippen molar-refractivity contribution in [1.82, 2.24) is 4.98 Å². The van der Waals surface area contributed by atoms with Crippen LogP contribution in [0.4, 0.5) is 10.8 Å². The number of anilines is 2. The van der Waals surface area contributed by atoms with E-state index in [9.17, 15) is 9.59 Å². The summed E-state index contributed by atoms with van der Waals surface area (Å²) in [5, 5.41) is 6.15. The molecule has 0 fully saturated rings. The van der Waals surface area contributed by atoms with Crippen molar-refractivity contribution in [3.63, 3.8) is 0 Å². The number of nitrogens with two attached hydrogens (primary N) is 1. The fourth-order valence-corrected chi connectivity index (χ4v) is 4.19. The summed E-state index contributed by atoms with van der Waals surface area (Å²) < 4.78 is 0. The number of nitrogens with one attached hydrogen (secondary N) is 2. The first-order valence-corrected chi connectivity index (χ1v) is 10.8. The minimum atomic E-state index is -0.216. The normalized spacial score (nSPS) is 10.6. The summed E-state index contributed by atoms with van der Waals surface area (Å²) >= 11 is 5.85. The molecule has 0 aliphatic rings. The Bertz CT molecular complexity index is 1010. The fourth-order valence-electron chi connectivity index (χ4n) is 2.95. The molecule has 0 bridgehead atoms. The van der Waals surface area contributed by atoms with Crippen molar-refractivity contribution >= 4 is 46.6 Å². The van der Waals surface area contributed by atoms with Gasteiger partial charge in [0.15, 0.2) is 5.13 Å². The summed E-state index contributed by atoms with van der Waals surface area (Å²) in [5.74, 6) is -0.345. The Balaban J connectivity index is 1.71. The van der Waals surface area contributed by atoms with Crippen molar-refractivity contribution in [3.05, 3.63) is 70.2 Å². The van der Waals surface area contributed by atoms with Crippen molar-refractivity contribution in [2.75, 3.05) is 17.2 Å². The van der Waals surface area contributed by atoms with Crippen molar-refractivity contribution in [2.24, 2.45) is 5.73 Å². The molecule has 3 aromatic rings. The molecular weight excluding hydrogens is 416 g/mol. The number of hydrogen-bond acceptors (Lipinski definition) is 6. The summed E-state index contributed by atoms with van der Waals surface area (Å²) in [6.45, 7) is 1.44. The summed E-state index contributed by atoms with van der Waals surface area (Å²) in [6, 6.07) is 15.8. The van der Waals surface area contributed by atoms with Gasteiger partial charge < -0.3 is 16.4 Å². The third kappa shape index (κ3) is 6.41. The van der Waals surface area contributed by atoms with Gasteiger partial charge in [-0.15, -0.1) is 24.0 Å². The van der Waals surface area contributed by atoms with Crippen LogP contribution in [0, 0.1) is 0 Å². The van der Waals surface area contributed by atoms with Gasteiger partial charge in [0.25, 0.3) is 0 Å². The highest BCUT2D eigenvalue weighted by Crippen LogP contribution is 2.27. The number of thiazole rings is 1. The first-order chi connectivity index (χ1) is 14.4. The van der Waals surface area contributed by atoms with E-state index in [0.717, 1.165) is 46.0 Å². The van der Waals surface area contributed by atoms with E-state index < -0.39 is 0 Å². The van der Waals surface area contributed by atoms with Crippen LogP contribution in [0.3, 0.4) is 0 Å². The second-order valence-corrected chi connectivity index (χ2v) is 8.46. The van der Waals surface area contributed by atoms with Crippen LogP contribution < -0.4 is 16.4 Å². The maximum absolute atomic E-state index is 11.4. The molecule has 2 amide bonds. The molecule has 0 atom stereocenters. The minimum absolute atomic E-state index is 0.0400. The van der Waals surface area contributed by atoms with Gasteiger partial charge in [-0.1, -0.05) is 24.3 Å². The largest absolute Gasteiger partial charge is 0.325 e. The standard InChI is InChI=1S/C22H24N4O2S2/c1-14(27)24-22-26-19(20(30-22)12-16-4-9-18(29)10-5-16)11-6-15-2-7-17(8-3-15)25-21(28)13-23/h2-5,7-10,29H,6,11-13,23H2,1H3,(H,25,28)(H,24,26,27). The zero-order valence-corrected chi connectivity index (χ0v) is 18.4. The van der Waals surface area contributed by atoms with Crippen LogP contribution in [0.2, 0.25) is 0 Å². The lowest BCUT2D eigenvalue weighted by molar-refractivity contribution is -0.115. The highest BCUT2D eigenvalue weighted by Gasteiger charge is 2.13. The fraction of sp³-hybridized carbons (Fsp3) is 0.227. The molecule has 0 aliphatic heterocycles. The number of carbonyl (C=O) groups excluding carboxylic acids is 2. The van der Waals surface area contributed by atoms with Crippen LogP contribution in [0.5, 0.6) is 0 Å². The molecule has 8 heteroatoms. The Labute approximate surface area is 185 Å². The molecule has 30 heavy (non-hydrogen) atoms. The van der Waals surface area contributed by atoms with E-state index >= 15 is 0 Å². The van der Waals surface area contributed by atoms with Gasteiger partial charge in [-0.3, -0.25) is 9.59 Å². The molecule has 2 aromatic carbocycles. The third-order valence-corrected chi connectivity index (χ3v) is 5.75. The van der Waals surface area contributed by atoms with E-state index in [1.54, 1.807) is 0 Å². The predicted molar refractivity (Wildman–Crippen MR) is 124 cm³/mol. The van der Waals surface area contributed by atoms with Crippen LogP contribution >= 0.6 is 24.0 Å². The van der Waals surface area contributed by atoms with E-state index in [4.69, 9.17) is 5.73 Å². The quantitative estimate of drug-likeness (QED) is 0.402. The zero-order chi connectivity index (χ0) is 21.5. The molecule has 6 nitrogen and oxygen atoms in total. The first-order valence-electron chi connectivity index (χ1n) is 9.56. The molecule has 0 saturated heterocycles. The predicted octanol–water partition coefficient (Wildman–Crippen LogP) is 3.66. The first kappa shape index (κ1) is 22.0. The second kappa shape index (κ2) is 10.4. The molecule has 4 N–H and O–H groups in total. The van der Waals surface area contributed by atoms with Crippen LogP contribution in [0.25, 0.3) is 0 Å². The Hall–Kier alpha value is -2.68. The summed E-state index contributed by atoms with van der Waals surface area (Å²) in [4.78, 5) is 29.5. The number of hydrogen-bond donors (Lipinski definition) is 4. The maximum atomic E-state index is 11.4. The Kier molecular flexibility index (Phi) is 7.62. The van der Waals surface area contributed by atoms with Crippen LogP contribution in [-0.2, 0) is 28.9 Å². The molecule has 0 radical (unpaired) electrons. The monoisotopic (exact) mass is 440 g/mol. The van der Waals surface area contributed by atoms with Crippen molar-refractivity contribution in [2.45, 2.75) is 31.1 Å². The Morgan fingerprint density at radius 1 is 1.00 bits per heavy atom. The van der Waals surface area contributed by atoms with Gasteiger partial charge in [-0.2, -0.15) is 0 Å². The van der Waals surface area contributed by atoms with Crippen LogP contribution in [0.15, 0.2) is 53.4 Å². The van der Waals surface area contributed by atoms with E-state index in [-0.39, 0.29) is 18.4 Å². The van der Waals surface area contributed by atoms with E-state index in [0.29, 0.717) is 5.13 Å². The molecule has 1 heterocycles. The van der Waals surface area contributed by atoms with Crippen molar-refractivity contribution < 1.29 is 9.59 Å². The Morgan fingerprint density at radius 3 is 2.30 bits per heavy atom. The number of aryl methyl sites for hydroxylation is 2. The molecule has 3 rings (SSSR count). The van der Waals surface area contributed by atoms with Crippen molar-refractivity contribution in [3.8, 4) is 0 Å². The Morgan fingerprint density at radius 2 is 1.67 bits per heavy atom. The molecule has 156 valence electrons. The number of thiol groups is 1. The SMILES string of the molecule is CC(=O)Nc1nc(CCc2ccc(NC(=O)CN)cc2)c(Cc2ccc(S)cc2)s1. The summed E-state index contributed by atoms with van der Waals surface area (Å²) in [6.07, 6.45) is 2.31. The summed E-state index contributed by atoms with van der Waals surface area (Å²) in [7, 11) is 0. The van der Waals surface area contributed by atoms with E-state index in [1.165, 1.54) is 23.8 Å². The van der Waals surface area contributed by atoms with Gasteiger partial charge in [0.1, 0.15) is 0 Å². The maximum Gasteiger partial charge on any atom is 0.238 e. The molecule has 1 aromatic heterocycles. The highest BCUT2D eigenvalue weighted by atomic mass is 32.1. The van der Waals surface area contributed by atoms with Crippen LogP contribution in [0.1, 0.15) is 28.6 Å². The van der Waals surface area contributed by atoms with Crippen LogP contribution in [-0.4, -0.2) is 23.3 Å². The lowest BCUT2D eigenvalue weighted by Crippen LogP contribution is -2.21. The number of benzene rings is 2. The average molecular weight is 441 g/mol. The number of carbonyl (C=O) groups is 2. The molecule has 0 saturated carbocycles. The number of rotatable bonds is 8.